The highest BCUT2D eigenvalue weighted by atomic mass is 16.1. The van der Waals surface area contributed by atoms with Crippen LogP contribution in [-0.4, -0.2) is 19.0 Å². The van der Waals surface area contributed by atoms with E-state index in [0.717, 1.165) is 19.4 Å². The lowest BCUT2D eigenvalue weighted by molar-refractivity contribution is -0.124. The Labute approximate surface area is 113 Å². The highest BCUT2D eigenvalue weighted by Gasteiger charge is 2.10. The van der Waals surface area contributed by atoms with Crippen molar-refractivity contribution in [1.29, 1.82) is 0 Å². The molecule has 0 spiro atoms. The van der Waals surface area contributed by atoms with Gasteiger partial charge in [0.25, 0.3) is 0 Å². The Morgan fingerprint density at radius 3 is 2.17 bits per heavy atom. The maximum atomic E-state index is 11.6. The molecule has 0 saturated heterocycles. The molecule has 0 fully saturated rings. The van der Waals surface area contributed by atoms with Gasteiger partial charge in [-0.25, -0.2) is 0 Å². The molecule has 1 atom stereocenters. The summed E-state index contributed by atoms with van der Waals surface area (Å²) in [5.74, 6) is 0.215. The molecule has 18 heavy (non-hydrogen) atoms. The molecule has 0 aromatic heterocycles. The quantitative estimate of drug-likeness (QED) is 0.527. The maximum Gasteiger partial charge on any atom is 0.222 e. The lowest BCUT2D eigenvalue weighted by Crippen LogP contribution is -2.31. The zero-order chi connectivity index (χ0) is 13.6. The standard InChI is InChI=1S/C15H32N2O/c1-3-4-5-6-7-8-9-10-13-17-15(18)14(2)11-12-16/h14H,3-13,16H2,1-2H3,(H,17,18). The van der Waals surface area contributed by atoms with E-state index in [1.165, 1.54) is 44.9 Å². The number of hydrogen-bond acceptors (Lipinski definition) is 2. The second kappa shape index (κ2) is 12.9. The van der Waals surface area contributed by atoms with Gasteiger partial charge in [-0.05, 0) is 19.4 Å². The average Bonchev–Trinajstić information content (AvgIpc) is 2.36. The first-order valence-electron chi connectivity index (χ1n) is 7.70. The summed E-state index contributed by atoms with van der Waals surface area (Å²) < 4.78 is 0. The number of amides is 1. The molecule has 0 bridgehead atoms. The van der Waals surface area contributed by atoms with E-state index in [-0.39, 0.29) is 11.8 Å². The lowest BCUT2D eigenvalue weighted by atomic mass is 10.1. The van der Waals surface area contributed by atoms with Gasteiger partial charge >= 0.3 is 0 Å². The van der Waals surface area contributed by atoms with Crippen molar-refractivity contribution >= 4 is 5.91 Å². The van der Waals surface area contributed by atoms with Crippen molar-refractivity contribution in [2.75, 3.05) is 13.1 Å². The molecule has 3 N–H and O–H groups in total. The van der Waals surface area contributed by atoms with Gasteiger partial charge in [-0.2, -0.15) is 0 Å². The predicted molar refractivity (Wildman–Crippen MR) is 78.5 cm³/mol. The van der Waals surface area contributed by atoms with E-state index in [9.17, 15) is 4.79 Å². The number of rotatable bonds is 12. The average molecular weight is 256 g/mol. The van der Waals surface area contributed by atoms with Crippen LogP contribution in [0.15, 0.2) is 0 Å². The van der Waals surface area contributed by atoms with E-state index >= 15 is 0 Å². The van der Waals surface area contributed by atoms with E-state index in [2.05, 4.69) is 12.2 Å². The van der Waals surface area contributed by atoms with Crippen LogP contribution >= 0.6 is 0 Å². The number of unbranched alkanes of at least 4 members (excludes halogenated alkanes) is 7. The third-order valence-corrected chi connectivity index (χ3v) is 3.38. The third kappa shape index (κ3) is 10.6. The van der Waals surface area contributed by atoms with Crippen molar-refractivity contribution in [3.63, 3.8) is 0 Å². The van der Waals surface area contributed by atoms with Crippen LogP contribution < -0.4 is 11.1 Å². The molecular weight excluding hydrogens is 224 g/mol. The van der Waals surface area contributed by atoms with Gasteiger partial charge < -0.3 is 11.1 Å². The molecule has 0 rings (SSSR count). The molecule has 0 aliphatic heterocycles. The Balaban J connectivity index is 3.22. The number of nitrogens with two attached hydrogens (primary N) is 1. The minimum absolute atomic E-state index is 0.0593. The highest BCUT2D eigenvalue weighted by molar-refractivity contribution is 5.78. The second-order valence-electron chi connectivity index (χ2n) is 5.24. The molecule has 0 heterocycles. The van der Waals surface area contributed by atoms with Gasteiger partial charge in [0.1, 0.15) is 0 Å². The van der Waals surface area contributed by atoms with Crippen LogP contribution in [-0.2, 0) is 4.79 Å². The Morgan fingerprint density at radius 2 is 1.61 bits per heavy atom. The predicted octanol–water partition coefficient (Wildman–Crippen LogP) is 3.23. The van der Waals surface area contributed by atoms with E-state index < -0.39 is 0 Å². The van der Waals surface area contributed by atoms with E-state index in [1.54, 1.807) is 0 Å². The van der Waals surface area contributed by atoms with Gasteiger partial charge in [0.2, 0.25) is 5.91 Å². The summed E-state index contributed by atoms with van der Waals surface area (Å²) in [6.07, 6.45) is 11.2. The normalized spacial score (nSPS) is 12.4. The fourth-order valence-corrected chi connectivity index (χ4v) is 2.03. The summed E-state index contributed by atoms with van der Waals surface area (Å²) in [6, 6.07) is 0. The first kappa shape index (κ1) is 17.4. The molecular formula is C15H32N2O. The molecule has 0 aliphatic rings. The van der Waals surface area contributed by atoms with Gasteiger partial charge in [0.15, 0.2) is 0 Å². The van der Waals surface area contributed by atoms with E-state index in [4.69, 9.17) is 5.73 Å². The Morgan fingerprint density at radius 1 is 1.06 bits per heavy atom. The van der Waals surface area contributed by atoms with Crippen LogP contribution in [0.2, 0.25) is 0 Å². The Bertz CT molecular complexity index is 195. The van der Waals surface area contributed by atoms with Gasteiger partial charge in [-0.3, -0.25) is 4.79 Å². The fourth-order valence-electron chi connectivity index (χ4n) is 2.03. The number of hydrogen-bond donors (Lipinski definition) is 2. The van der Waals surface area contributed by atoms with Crippen molar-refractivity contribution in [3.05, 3.63) is 0 Å². The summed E-state index contributed by atoms with van der Waals surface area (Å²) >= 11 is 0. The fraction of sp³-hybridized carbons (Fsp3) is 0.933. The zero-order valence-corrected chi connectivity index (χ0v) is 12.3. The minimum atomic E-state index is 0.0593. The molecule has 1 unspecified atom stereocenters. The van der Waals surface area contributed by atoms with E-state index in [1.807, 2.05) is 6.92 Å². The largest absolute Gasteiger partial charge is 0.356 e. The highest BCUT2D eigenvalue weighted by Crippen LogP contribution is 2.08. The van der Waals surface area contributed by atoms with Crippen LogP contribution in [0.25, 0.3) is 0 Å². The SMILES string of the molecule is CCCCCCCCCCNC(=O)C(C)CCN. The number of nitrogens with one attached hydrogen (secondary N) is 1. The van der Waals surface area contributed by atoms with Crippen molar-refractivity contribution in [1.82, 2.24) is 5.32 Å². The van der Waals surface area contributed by atoms with Crippen LogP contribution in [0.1, 0.15) is 71.6 Å². The molecule has 0 aromatic carbocycles. The van der Waals surface area contributed by atoms with Crippen molar-refractivity contribution < 1.29 is 4.79 Å². The summed E-state index contributed by atoms with van der Waals surface area (Å²) in [5.41, 5.74) is 5.43. The molecule has 0 aromatic rings. The van der Waals surface area contributed by atoms with Gasteiger partial charge in [-0.15, -0.1) is 0 Å². The molecule has 108 valence electrons. The van der Waals surface area contributed by atoms with Crippen LogP contribution in [0.3, 0.4) is 0 Å². The molecule has 3 nitrogen and oxygen atoms in total. The third-order valence-electron chi connectivity index (χ3n) is 3.38. The van der Waals surface area contributed by atoms with Crippen LogP contribution in [0.4, 0.5) is 0 Å². The first-order chi connectivity index (χ1) is 8.72. The summed E-state index contributed by atoms with van der Waals surface area (Å²) in [7, 11) is 0. The van der Waals surface area contributed by atoms with Gasteiger partial charge in [0, 0.05) is 12.5 Å². The van der Waals surface area contributed by atoms with Crippen molar-refractivity contribution in [2.24, 2.45) is 11.7 Å². The first-order valence-corrected chi connectivity index (χ1v) is 7.70. The molecule has 0 saturated carbocycles. The van der Waals surface area contributed by atoms with Crippen molar-refractivity contribution in [3.8, 4) is 0 Å². The number of carbonyl (C=O) groups is 1. The van der Waals surface area contributed by atoms with E-state index in [0.29, 0.717) is 6.54 Å². The van der Waals surface area contributed by atoms with Crippen LogP contribution in [0, 0.1) is 5.92 Å². The number of carbonyl (C=O) groups excluding carboxylic acids is 1. The van der Waals surface area contributed by atoms with Crippen LogP contribution in [0.5, 0.6) is 0 Å². The monoisotopic (exact) mass is 256 g/mol. The maximum absolute atomic E-state index is 11.6. The summed E-state index contributed by atoms with van der Waals surface area (Å²) in [6.45, 7) is 5.60. The van der Waals surface area contributed by atoms with Crippen molar-refractivity contribution in [2.45, 2.75) is 71.6 Å². The Hall–Kier alpha value is -0.570. The second-order valence-corrected chi connectivity index (χ2v) is 5.24. The molecule has 0 aliphatic carbocycles. The summed E-state index contributed by atoms with van der Waals surface area (Å²) in [5, 5.41) is 2.98. The Kier molecular flexibility index (Phi) is 12.5. The molecule has 0 radical (unpaired) electrons. The molecule has 3 heteroatoms. The van der Waals surface area contributed by atoms with Gasteiger partial charge in [0.05, 0.1) is 0 Å². The van der Waals surface area contributed by atoms with Gasteiger partial charge in [-0.1, -0.05) is 58.8 Å². The summed E-state index contributed by atoms with van der Waals surface area (Å²) in [4.78, 5) is 11.6. The lowest BCUT2D eigenvalue weighted by Gasteiger charge is -2.10. The smallest absolute Gasteiger partial charge is 0.222 e. The topological polar surface area (TPSA) is 55.1 Å². The minimum Gasteiger partial charge on any atom is -0.356 e. The zero-order valence-electron chi connectivity index (χ0n) is 12.3. The molecule has 1 amide bonds.